The van der Waals surface area contributed by atoms with Gasteiger partial charge in [-0.1, -0.05) is 56.3 Å². The van der Waals surface area contributed by atoms with Gasteiger partial charge >= 0.3 is 0 Å². The van der Waals surface area contributed by atoms with Gasteiger partial charge < -0.3 is 0 Å². The molecule has 0 N–H and O–H groups in total. The topological polar surface area (TPSA) is 60.2 Å². The number of nitro benzene ring substituents is 1. The highest BCUT2D eigenvalue weighted by Gasteiger charge is 2.16. The fourth-order valence-corrected chi connectivity index (χ4v) is 2.09. The standard InChI is InChI=1S/C18H17NO3/c1-13(2)15-10-7-14(8-11-15)9-12-18(20)16-5-3-4-6-17(16)19(21)22/h3-13H,1-2H3/b12-9+. The summed E-state index contributed by atoms with van der Waals surface area (Å²) < 4.78 is 0. The molecule has 112 valence electrons. The predicted octanol–water partition coefficient (Wildman–Crippen LogP) is 4.61. The van der Waals surface area contributed by atoms with E-state index in [1.54, 1.807) is 18.2 Å². The first-order chi connectivity index (χ1) is 10.5. The lowest BCUT2D eigenvalue weighted by molar-refractivity contribution is -0.385. The molecule has 0 aliphatic rings. The Balaban J connectivity index is 2.20. The van der Waals surface area contributed by atoms with Crippen molar-refractivity contribution in [2.45, 2.75) is 19.8 Å². The molecule has 4 nitrogen and oxygen atoms in total. The number of rotatable bonds is 5. The first-order valence-electron chi connectivity index (χ1n) is 7.05. The number of nitrogens with zero attached hydrogens (tertiary/aromatic N) is 1. The summed E-state index contributed by atoms with van der Waals surface area (Å²) in [7, 11) is 0. The second-order valence-corrected chi connectivity index (χ2v) is 5.29. The lowest BCUT2D eigenvalue weighted by atomic mass is 10.0. The molecule has 4 heteroatoms. The average Bonchev–Trinajstić information content (AvgIpc) is 2.53. The number of para-hydroxylation sites is 1. The molecule has 0 aliphatic carbocycles. The van der Waals surface area contributed by atoms with E-state index in [9.17, 15) is 14.9 Å². The van der Waals surface area contributed by atoms with Crippen molar-refractivity contribution in [3.63, 3.8) is 0 Å². The van der Waals surface area contributed by atoms with Crippen LogP contribution < -0.4 is 0 Å². The second-order valence-electron chi connectivity index (χ2n) is 5.29. The molecular formula is C18H17NO3. The lowest BCUT2D eigenvalue weighted by Crippen LogP contribution is -2.00. The average molecular weight is 295 g/mol. The highest BCUT2D eigenvalue weighted by molar-refractivity contribution is 6.09. The zero-order chi connectivity index (χ0) is 16.1. The maximum Gasteiger partial charge on any atom is 0.280 e. The van der Waals surface area contributed by atoms with Crippen LogP contribution in [0.1, 0.15) is 41.3 Å². The van der Waals surface area contributed by atoms with Crippen LogP contribution in [-0.2, 0) is 0 Å². The van der Waals surface area contributed by atoms with Gasteiger partial charge in [-0.15, -0.1) is 0 Å². The van der Waals surface area contributed by atoms with Gasteiger partial charge in [0, 0.05) is 6.07 Å². The van der Waals surface area contributed by atoms with Crippen LogP contribution in [0.15, 0.2) is 54.6 Å². The first kappa shape index (κ1) is 15.6. The van der Waals surface area contributed by atoms with E-state index in [0.29, 0.717) is 5.92 Å². The van der Waals surface area contributed by atoms with Gasteiger partial charge in [-0.2, -0.15) is 0 Å². The lowest BCUT2D eigenvalue weighted by Gasteiger charge is -2.04. The van der Waals surface area contributed by atoms with Crippen LogP contribution in [-0.4, -0.2) is 10.7 Å². The van der Waals surface area contributed by atoms with E-state index in [1.165, 1.54) is 23.8 Å². The summed E-state index contributed by atoms with van der Waals surface area (Å²) in [6.45, 7) is 4.23. The van der Waals surface area contributed by atoms with E-state index in [-0.39, 0.29) is 17.0 Å². The molecule has 0 heterocycles. The summed E-state index contributed by atoms with van der Waals surface area (Å²) in [6, 6.07) is 13.8. The van der Waals surface area contributed by atoms with Crippen molar-refractivity contribution < 1.29 is 9.72 Å². The Morgan fingerprint density at radius 1 is 1.09 bits per heavy atom. The molecule has 2 aromatic carbocycles. The third-order valence-corrected chi connectivity index (χ3v) is 3.40. The summed E-state index contributed by atoms with van der Waals surface area (Å²) in [5.41, 5.74) is 2.04. The zero-order valence-corrected chi connectivity index (χ0v) is 12.5. The van der Waals surface area contributed by atoms with Crippen LogP contribution in [0.5, 0.6) is 0 Å². The van der Waals surface area contributed by atoms with Gasteiger partial charge in [0.2, 0.25) is 0 Å². The molecule has 2 aromatic rings. The summed E-state index contributed by atoms with van der Waals surface area (Å²) in [5, 5.41) is 10.9. The third-order valence-electron chi connectivity index (χ3n) is 3.40. The van der Waals surface area contributed by atoms with E-state index in [2.05, 4.69) is 13.8 Å². The number of nitro groups is 1. The monoisotopic (exact) mass is 295 g/mol. The quantitative estimate of drug-likeness (QED) is 0.350. The molecule has 0 unspecified atom stereocenters. The van der Waals surface area contributed by atoms with Crippen molar-refractivity contribution in [2.75, 3.05) is 0 Å². The predicted molar refractivity (Wildman–Crippen MR) is 87.0 cm³/mol. The van der Waals surface area contributed by atoms with Gasteiger partial charge in [-0.3, -0.25) is 14.9 Å². The fraction of sp³-hybridized carbons (Fsp3) is 0.167. The van der Waals surface area contributed by atoms with Crippen molar-refractivity contribution >= 4 is 17.5 Å². The minimum atomic E-state index is -0.543. The van der Waals surface area contributed by atoms with Crippen LogP contribution in [0.4, 0.5) is 5.69 Å². The highest BCUT2D eigenvalue weighted by atomic mass is 16.6. The van der Waals surface area contributed by atoms with Crippen LogP contribution in [0.2, 0.25) is 0 Å². The number of hydrogen-bond acceptors (Lipinski definition) is 3. The van der Waals surface area contributed by atoms with Crippen molar-refractivity contribution in [2.24, 2.45) is 0 Å². The molecule has 0 spiro atoms. The Labute approximate surface area is 129 Å². The summed E-state index contributed by atoms with van der Waals surface area (Å²) in [6.07, 6.45) is 3.04. The SMILES string of the molecule is CC(C)c1ccc(/C=C/C(=O)c2ccccc2[N+](=O)[O-])cc1. The molecule has 0 radical (unpaired) electrons. The zero-order valence-electron chi connectivity index (χ0n) is 12.5. The summed E-state index contributed by atoms with van der Waals surface area (Å²) in [4.78, 5) is 22.5. The van der Waals surface area contributed by atoms with Crippen LogP contribution in [0.3, 0.4) is 0 Å². The maximum absolute atomic E-state index is 12.1. The highest BCUT2D eigenvalue weighted by Crippen LogP contribution is 2.19. The molecule has 0 fully saturated rings. The molecule has 0 amide bonds. The number of carbonyl (C=O) groups is 1. The Hall–Kier alpha value is -2.75. The molecule has 0 saturated heterocycles. The summed E-state index contributed by atoms with van der Waals surface area (Å²) in [5.74, 6) is 0.0758. The Bertz CT molecular complexity index is 715. The van der Waals surface area contributed by atoms with Crippen molar-refractivity contribution in [1.82, 2.24) is 0 Å². The van der Waals surface area contributed by atoms with Crippen molar-refractivity contribution in [3.05, 3.63) is 81.4 Å². The minimum absolute atomic E-state index is 0.0996. The number of hydrogen-bond donors (Lipinski definition) is 0. The van der Waals surface area contributed by atoms with Crippen LogP contribution in [0.25, 0.3) is 6.08 Å². The number of benzene rings is 2. The van der Waals surface area contributed by atoms with Gasteiger partial charge in [0.1, 0.15) is 0 Å². The minimum Gasteiger partial charge on any atom is -0.289 e. The van der Waals surface area contributed by atoms with Crippen molar-refractivity contribution in [1.29, 1.82) is 0 Å². The fourth-order valence-electron chi connectivity index (χ4n) is 2.09. The van der Waals surface area contributed by atoms with Gasteiger partial charge in [0.05, 0.1) is 10.5 Å². The molecule has 0 aliphatic heterocycles. The Morgan fingerprint density at radius 2 is 1.73 bits per heavy atom. The molecular weight excluding hydrogens is 278 g/mol. The smallest absolute Gasteiger partial charge is 0.280 e. The van der Waals surface area contributed by atoms with E-state index in [4.69, 9.17) is 0 Å². The van der Waals surface area contributed by atoms with Crippen LogP contribution >= 0.6 is 0 Å². The van der Waals surface area contributed by atoms with E-state index >= 15 is 0 Å². The van der Waals surface area contributed by atoms with Gasteiger partial charge in [-0.05, 0) is 29.2 Å². The normalized spacial score (nSPS) is 11.0. The molecule has 2 rings (SSSR count). The van der Waals surface area contributed by atoms with Crippen LogP contribution in [0, 0.1) is 10.1 Å². The maximum atomic E-state index is 12.1. The van der Waals surface area contributed by atoms with E-state index < -0.39 is 4.92 Å². The van der Waals surface area contributed by atoms with E-state index in [1.807, 2.05) is 24.3 Å². The number of ketones is 1. The first-order valence-corrected chi connectivity index (χ1v) is 7.05. The van der Waals surface area contributed by atoms with Crippen molar-refractivity contribution in [3.8, 4) is 0 Å². The van der Waals surface area contributed by atoms with E-state index in [0.717, 1.165) is 5.56 Å². The molecule has 0 saturated carbocycles. The third kappa shape index (κ3) is 3.67. The largest absolute Gasteiger partial charge is 0.289 e. The number of allylic oxidation sites excluding steroid dienone is 1. The summed E-state index contributed by atoms with van der Waals surface area (Å²) >= 11 is 0. The van der Waals surface area contributed by atoms with Gasteiger partial charge in [-0.25, -0.2) is 0 Å². The molecule has 0 bridgehead atoms. The molecule has 0 aromatic heterocycles. The van der Waals surface area contributed by atoms with Gasteiger partial charge in [0.25, 0.3) is 5.69 Å². The number of carbonyl (C=O) groups excluding carboxylic acids is 1. The second kappa shape index (κ2) is 6.80. The van der Waals surface area contributed by atoms with Gasteiger partial charge in [0.15, 0.2) is 5.78 Å². The molecule has 0 atom stereocenters. The molecule has 22 heavy (non-hydrogen) atoms. The Kier molecular flexibility index (Phi) is 4.84. The Morgan fingerprint density at radius 3 is 2.32 bits per heavy atom.